The lowest BCUT2D eigenvalue weighted by Gasteiger charge is -2.06. The van der Waals surface area contributed by atoms with E-state index in [-0.39, 0.29) is 5.91 Å². The van der Waals surface area contributed by atoms with E-state index in [0.29, 0.717) is 11.4 Å². The number of nitrogens with zero attached hydrogens (tertiary/aromatic N) is 4. The second-order valence-corrected chi connectivity index (χ2v) is 5.60. The molecule has 0 aliphatic carbocycles. The topological polar surface area (TPSA) is 72.7 Å². The number of carbonyl (C=O) groups excluding carboxylic acids is 1. The molecule has 0 saturated heterocycles. The Morgan fingerprint density at radius 3 is 2.35 bits per heavy atom. The van der Waals surface area contributed by atoms with E-state index in [1.807, 2.05) is 42.5 Å². The van der Waals surface area contributed by atoms with Crippen molar-refractivity contribution in [3.05, 3.63) is 91.1 Å². The number of aromatic nitrogens is 4. The van der Waals surface area contributed by atoms with Crippen molar-refractivity contribution in [1.29, 1.82) is 0 Å². The third-order valence-electron chi connectivity index (χ3n) is 3.82. The van der Waals surface area contributed by atoms with Crippen LogP contribution in [-0.2, 0) is 0 Å². The molecule has 0 aliphatic heterocycles. The first-order valence-electron chi connectivity index (χ1n) is 8.08. The number of anilines is 1. The maximum atomic E-state index is 12.6. The van der Waals surface area contributed by atoms with E-state index in [4.69, 9.17) is 0 Å². The van der Waals surface area contributed by atoms with Gasteiger partial charge in [0.15, 0.2) is 5.69 Å². The van der Waals surface area contributed by atoms with E-state index in [1.165, 1.54) is 0 Å². The molecule has 0 aliphatic rings. The van der Waals surface area contributed by atoms with Crippen molar-refractivity contribution in [3.8, 4) is 16.9 Å². The molecule has 1 amide bonds. The molecule has 0 unspecified atom stereocenters. The number of hydrogen-bond donors (Lipinski definition) is 1. The van der Waals surface area contributed by atoms with Gasteiger partial charge in [0.1, 0.15) is 0 Å². The zero-order valence-corrected chi connectivity index (χ0v) is 13.8. The van der Waals surface area contributed by atoms with Crippen molar-refractivity contribution in [2.75, 3.05) is 5.32 Å². The van der Waals surface area contributed by atoms with Crippen LogP contribution < -0.4 is 5.32 Å². The minimum Gasteiger partial charge on any atom is -0.319 e. The summed E-state index contributed by atoms with van der Waals surface area (Å²) in [6, 6.07) is 18.8. The zero-order chi connectivity index (χ0) is 17.8. The molecule has 3 heterocycles. The smallest absolute Gasteiger partial charge is 0.276 e. The minimum absolute atomic E-state index is 0.294. The average Bonchev–Trinajstić information content (AvgIpc) is 3.16. The molecule has 6 nitrogen and oxygen atoms in total. The summed E-state index contributed by atoms with van der Waals surface area (Å²) in [6.45, 7) is 0. The molecule has 0 radical (unpaired) electrons. The first kappa shape index (κ1) is 15.7. The number of rotatable bonds is 4. The fraction of sp³-hybridized carbons (Fsp3) is 0. The Labute approximate surface area is 150 Å². The van der Waals surface area contributed by atoms with Gasteiger partial charge in [0.25, 0.3) is 5.91 Å². The summed E-state index contributed by atoms with van der Waals surface area (Å²) >= 11 is 0. The van der Waals surface area contributed by atoms with Crippen LogP contribution in [0.2, 0.25) is 0 Å². The van der Waals surface area contributed by atoms with Gasteiger partial charge in [0.05, 0.1) is 23.3 Å². The van der Waals surface area contributed by atoms with Crippen molar-refractivity contribution in [3.63, 3.8) is 0 Å². The van der Waals surface area contributed by atoms with Crippen LogP contribution in [0.1, 0.15) is 10.5 Å². The summed E-state index contributed by atoms with van der Waals surface area (Å²) in [5.41, 5.74) is 3.47. The van der Waals surface area contributed by atoms with Crippen LogP contribution in [0, 0.1) is 0 Å². The van der Waals surface area contributed by atoms with Gasteiger partial charge in [-0.3, -0.25) is 14.8 Å². The van der Waals surface area contributed by atoms with Crippen molar-refractivity contribution in [1.82, 2.24) is 19.7 Å². The highest BCUT2D eigenvalue weighted by Crippen LogP contribution is 2.23. The summed E-state index contributed by atoms with van der Waals surface area (Å²) in [7, 11) is 0. The number of pyridine rings is 2. The van der Waals surface area contributed by atoms with E-state index >= 15 is 0 Å². The molecule has 1 aromatic carbocycles. The first-order valence-corrected chi connectivity index (χ1v) is 8.08. The molecule has 4 rings (SSSR count). The van der Waals surface area contributed by atoms with E-state index in [1.54, 1.807) is 47.7 Å². The third kappa shape index (κ3) is 3.21. The summed E-state index contributed by atoms with van der Waals surface area (Å²) in [6.07, 6.45) is 6.70. The Balaban J connectivity index is 1.75. The van der Waals surface area contributed by atoms with Crippen LogP contribution in [0.25, 0.3) is 16.9 Å². The normalized spacial score (nSPS) is 10.5. The fourth-order valence-electron chi connectivity index (χ4n) is 2.61. The maximum absolute atomic E-state index is 12.6. The lowest BCUT2D eigenvalue weighted by Crippen LogP contribution is -2.13. The lowest BCUT2D eigenvalue weighted by atomic mass is 10.2. The van der Waals surface area contributed by atoms with Gasteiger partial charge in [-0.25, -0.2) is 4.68 Å². The Morgan fingerprint density at radius 1 is 0.885 bits per heavy atom. The third-order valence-corrected chi connectivity index (χ3v) is 3.82. The molecule has 6 heteroatoms. The quantitative estimate of drug-likeness (QED) is 0.616. The standard InChI is InChI=1S/C20H15N5O/c26-20(23-16-7-5-11-22-14-16)18-12-19(15-6-4-10-21-13-15)25(24-18)17-8-2-1-3-9-17/h1-14H,(H,23,26). The highest BCUT2D eigenvalue weighted by atomic mass is 16.1. The van der Waals surface area contributed by atoms with E-state index in [9.17, 15) is 4.79 Å². The molecule has 26 heavy (non-hydrogen) atoms. The highest BCUT2D eigenvalue weighted by molar-refractivity contribution is 6.03. The number of carbonyl (C=O) groups is 1. The van der Waals surface area contributed by atoms with Gasteiger partial charge in [0.2, 0.25) is 0 Å². The number of hydrogen-bond acceptors (Lipinski definition) is 4. The maximum Gasteiger partial charge on any atom is 0.276 e. The second kappa shape index (κ2) is 6.98. The Morgan fingerprint density at radius 2 is 1.65 bits per heavy atom. The molecule has 126 valence electrons. The summed E-state index contributed by atoms with van der Waals surface area (Å²) < 4.78 is 1.75. The summed E-state index contributed by atoms with van der Waals surface area (Å²) in [5.74, 6) is -0.294. The lowest BCUT2D eigenvalue weighted by molar-refractivity contribution is 0.102. The van der Waals surface area contributed by atoms with Crippen molar-refractivity contribution < 1.29 is 4.79 Å². The van der Waals surface area contributed by atoms with Crippen LogP contribution in [0.15, 0.2) is 85.5 Å². The molecular weight excluding hydrogens is 326 g/mol. The number of amides is 1. The predicted molar refractivity (Wildman–Crippen MR) is 99.0 cm³/mol. The molecule has 0 bridgehead atoms. The molecule has 3 aromatic heterocycles. The molecule has 1 N–H and O–H groups in total. The van der Waals surface area contributed by atoms with Crippen LogP contribution >= 0.6 is 0 Å². The molecular formula is C20H15N5O. The summed E-state index contributed by atoms with van der Waals surface area (Å²) in [5, 5.41) is 7.32. The van der Waals surface area contributed by atoms with Crippen molar-refractivity contribution in [2.24, 2.45) is 0 Å². The van der Waals surface area contributed by atoms with E-state index < -0.39 is 0 Å². The van der Waals surface area contributed by atoms with Gasteiger partial charge >= 0.3 is 0 Å². The van der Waals surface area contributed by atoms with Crippen molar-refractivity contribution in [2.45, 2.75) is 0 Å². The zero-order valence-electron chi connectivity index (χ0n) is 13.8. The molecule has 4 aromatic rings. The number of benzene rings is 1. The highest BCUT2D eigenvalue weighted by Gasteiger charge is 2.17. The molecule has 0 saturated carbocycles. The van der Waals surface area contributed by atoms with Gasteiger partial charge < -0.3 is 5.32 Å². The molecule has 0 spiro atoms. The van der Waals surface area contributed by atoms with Crippen molar-refractivity contribution >= 4 is 11.6 Å². The van der Waals surface area contributed by atoms with E-state index in [2.05, 4.69) is 20.4 Å². The van der Waals surface area contributed by atoms with Crippen LogP contribution in [-0.4, -0.2) is 25.7 Å². The molecule has 0 atom stereocenters. The van der Waals surface area contributed by atoms with Gasteiger partial charge in [-0.05, 0) is 42.5 Å². The predicted octanol–water partition coefficient (Wildman–Crippen LogP) is 3.58. The second-order valence-electron chi connectivity index (χ2n) is 5.60. The van der Waals surface area contributed by atoms with Crippen LogP contribution in [0.5, 0.6) is 0 Å². The Kier molecular flexibility index (Phi) is 4.22. The van der Waals surface area contributed by atoms with Crippen LogP contribution in [0.3, 0.4) is 0 Å². The molecule has 0 fully saturated rings. The number of para-hydroxylation sites is 1. The van der Waals surface area contributed by atoms with Gasteiger partial charge in [-0.15, -0.1) is 0 Å². The minimum atomic E-state index is -0.294. The average molecular weight is 341 g/mol. The monoisotopic (exact) mass is 341 g/mol. The van der Waals surface area contributed by atoms with Gasteiger partial charge in [0, 0.05) is 24.2 Å². The fourth-order valence-corrected chi connectivity index (χ4v) is 2.61. The Bertz CT molecular complexity index is 957. The van der Waals surface area contributed by atoms with Gasteiger partial charge in [-0.2, -0.15) is 5.10 Å². The van der Waals surface area contributed by atoms with Gasteiger partial charge in [-0.1, -0.05) is 18.2 Å². The summed E-state index contributed by atoms with van der Waals surface area (Å²) in [4.78, 5) is 20.8. The van der Waals surface area contributed by atoms with Crippen LogP contribution in [0.4, 0.5) is 5.69 Å². The largest absolute Gasteiger partial charge is 0.319 e. The first-order chi connectivity index (χ1) is 12.8. The van der Waals surface area contributed by atoms with E-state index in [0.717, 1.165) is 16.9 Å². The Hall–Kier alpha value is -3.80. The number of nitrogens with one attached hydrogen (secondary N) is 1. The SMILES string of the molecule is O=C(Nc1cccnc1)c1cc(-c2cccnc2)n(-c2ccccc2)n1.